The van der Waals surface area contributed by atoms with Crippen molar-refractivity contribution < 1.29 is 9.47 Å². The van der Waals surface area contributed by atoms with Crippen molar-refractivity contribution in [3.63, 3.8) is 0 Å². The third-order valence-electron chi connectivity index (χ3n) is 3.41. The summed E-state index contributed by atoms with van der Waals surface area (Å²) in [5.74, 6) is 5.87. The van der Waals surface area contributed by atoms with Gasteiger partial charge < -0.3 is 9.47 Å². The molecule has 2 nitrogen and oxygen atoms in total. The molecule has 0 N–H and O–H groups in total. The molecule has 0 spiro atoms. The van der Waals surface area contributed by atoms with Crippen LogP contribution in [0.15, 0.2) is 0 Å². The van der Waals surface area contributed by atoms with Gasteiger partial charge in [-0.3, -0.25) is 0 Å². The summed E-state index contributed by atoms with van der Waals surface area (Å²) in [5.41, 5.74) is -0.0340. The fourth-order valence-electron chi connectivity index (χ4n) is 1.97. The first-order valence-corrected chi connectivity index (χ1v) is 6.03. The first-order chi connectivity index (χ1) is 8.01. The Kier molecular flexibility index (Phi) is 7.72. The zero-order valence-corrected chi connectivity index (χ0v) is 11.5. The summed E-state index contributed by atoms with van der Waals surface area (Å²) in [6, 6.07) is 0. The topological polar surface area (TPSA) is 18.5 Å². The molecule has 0 fully saturated rings. The minimum absolute atomic E-state index is 0.0340. The molecule has 0 rings (SSSR count). The van der Waals surface area contributed by atoms with E-state index in [1.165, 1.54) is 0 Å². The largest absolute Gasteiger partial charge is 0.368 e. The van der Waals surface area contributed by atoms with Crippen LogP contribution in [0.1, 0.15) is 27.7 Å². The molecule has 0 saturated heterocycles. The molecule has 2 heteroatoms. The van der Waals surface area contributed by atoms with E-state index >= 15 is 0 Å². The van der Waals surface area contributed by atoms with Crippen molar-refractivity contribution in [1.29, 1.82) is 0 Å². The summed E-state index contributed by atoms with van der Waals surface area (Å²) in [6.45, 7) is 10.6. The van der Waals surface area contributed by atoms with Crippen LogP contribution in [0.2, 0.25) is 0 Å². The molecule has 0 aliphatic carbocycles. The van der Waals surface area contributed by atoms with Crippen LogP contribution in [-0.4, -0.2) is 26.4 Å². The predicted octanol–water partition coefficient (Wildman–Crippen LogP) is 2.58. The number of ether oxygens (including phenoxy) is 2. The quantitative estimate of drug-likeness (QED) is 0.476. The summed E-state index contributed by atoms with van der Waals surface area (Å²) in [5, 5.41) is 0. The summed E-state index contributed by atoms with van der Waals surface area (Å²) in [7, 11) is 0. The molecule has 0 amide bonds. The van der Waals surface area contributed by atoms with Crippen LogP contribution in [0, 0.1) is 41.9 Å². The molecule has 96 valence electrons. The van der Waals surface area contributed by atoms with Crippen molar-refractivity contribution >= 4 is 0 Å². The molecule has 0 unspecified atom stereocenters. The van der Waals surface area contributed by atoms with Crippen LogP contribution in [-0.2, 0) is 9.47 Å². The molecular weight excluding hydrogens is 212 g/mol. The molecule has 17 heavy (non-hydrogen) atoms. The monoisotopic (exact) mass is 236 g/mol. The molecule has 0 atom stereocenters. The van der Waals surface area contributed by atoms with E-state index in [1.807, 2.05) is 0 Å². The Labute approximate surface area is 106 Å². The van der Waals surface area contributed by atoms with Crippen molar-refractivity contribution in [2.75, 3.05) is 26.4 Å². The van der Waals surface area contributed by atoms with Gasteiger partial charge in [0.1, 0.15) is 13.2 Å². The van der Waals surface area contributed by atoms with E-state index in [9.17, 15) is 0 Å². The van der Waals surface area contributed by atoms with Crippen LogP contribution in [0.4, 0.5) is 0 Å². The maximum Gasteiger partial charge on any atom is 0.107 e. The highest BCUT2D eigenvalue weighted by Gasteiger charge is 2.37. The van der Waals surface area contributed by atoms with Crippen LogP contribution >= 0.6 is 0 Å². The van der Waals surface area contributed by atoms with E-state index in [-0.39, 0.29) is 5.41 Å². The lowest BCUT2D eigenvalue weighted by molar-refractivity contribution is -0.0633. The van der Waals surface area contributed by atoms with Gasteiger partial charge in [0.05, 0.1) is 13.2 Å². The van der Waals surface area contributed by atoms with E-state index in [0.717, 1.165) is 0 Å². The van der Waals surface area contributed by atoms with Gasteiger partial charge in [0.25, 0.3) is 0 Å². The van der Waals surface area contributed by atoms with Gasteiger partial charge in [-0.05, 0) is 11.8 Å². The van der Waals surface area contributed by atoms with Gasteiger partial charge in [0.2, 0.25) is 0 Å². The molecule has 0 saturated carbocycles. The predicted molar refractivity (Wildman–Crippen MR) is 71.4 cm³/mol. The fraction of sp³-hybridized carbons (Fsp3) is 0.733. The highest BCUT2D eigenvalue weighted by Crippen LogP contribution is 2.36. The molecule has 0 radical (unpaired) electrons. The van der Waals surface area contributed by atoms with Gasteiger partial charge in [-0.1, -0.05) is 39.5 Å². The van der Waals surface area contributed by atoms with Crippen LogP contribution in [0.25, 0.3) is 0 Å². The van der Waals surface area contributed by atoms with Crippen molar-refractivity contribution in [2.45, 2.75) is 27.7 Å². The second kappa shape index (κ2) is 8.18. The first-order valence-electron chi connectivity index (χ1n) is 6.03. The zero-order valence-electron chi connectivity index (χ0n) is 11.5. The molecule has 0 bridgehead atoms. The van der Waals surface area contributed by atoms with Crippen LogP contribution in [0.3, 0.4) is 0 Å². The van der Waals surface area contributed by atoms with Gasteiger partial charge in [-0.15, -0.1) is 12.8 Å². The maximum atomic E-state index is 5.53. The second-order valence-corrected chi connectivity index (χ2v) is 4.94. The Morgan fingerprint density at radius 2 is 1.24 bits per heavy atom. The highest BCUT2D eigenvalue weighted by molar-refractivity contribution is 4.89. The van der Waals surface area contributed by atoms with Gasteiger partial charge >= 0.3 is 0 Å². The summed E-state index contributed by atoms with van der Waals surface area (Å²) < 4.78 is 11.1. The van der Waals surface area contributed by atoms with E-state index in [0.29, 0.717) is 38.3 Å². The minimum Gasteiger partial charge on any atom is -0.368 e. The van der Waals surface area contributed by atoms with Crippen LogP contribution < -0.4 is 0 Å². The van der Waals surface area contributed by atoms with Crippen molar-refractivity contribution in [3.05, 3.63) is 0 Å². The van der Waals surface area contributed by atoms with Crippen molar-refractivity contribution in [1.82, 2.24) is 0 Å². The Hall–Kier alpha value is -0.960. The summed E-state index contributed by atoms with van der Waals surface area (Å²) >= 11 is 0. The fourth-order valence-corrected chi connectivity index (χ4v) is 1.97. The lowest BCUT2D eigenvalue weighted by atomic mass is 9.70. The maximum absolute atomic E-state index is 5.53. The summed E-state index contributed by atoms with van der Waals surface area (Å²) in [6.07, 6.45) is 10.4. The number of hydrogen-bond acceptors (Lipinski definition) is 2. The standard InChI is InChI=1S/C15H24O2/c1-7-9-16-11-15(13(3)4,14(5)6)12-17-10-8-2/h1-2,13-14H,9-12H2,3-6H3. The van der Waals surface area contributed by atoms with E-state index < -0.39 is 0 Å². The molecular formula is C15H24O2. The molecule has 0 aromatic heterocycles. The van der Waals surface area contributed by atoms with Gasteiger partial charge in [-0.2, -0.15) is 0 Å². The Balaban J connectivity index is 4.64. The average Bonchev–Trinajstić information content (AvgIpc) is 2.26. The molecule has 0 heterocycles. The summed E-state index contributed by atoms with van der Waals surface area (Å²) in [4.78, 5) is 0. The first kappa shape index (κ1) is 16.0. The smallest absolute Gasteiger partial charge is 0.107 e. The second-order valence-electron chi connectivity index (χ2n) is 4.94. The number of rotatable bonds is 8. The van der Waals surface area contributed by atoms with E-state index in [1.54, 1.807) is 0 Å². The SMILES string of the molecule is C#CCOCC(COCC#C)(C(C)C)C(C)C. The van der Waals surface area contributed by atoms with Crippen molar-refractivity contribution in [3.8, 4) is 24.7 Å². The number of terminal acetylenes is 2. The molecule has 0 aliphatic heterocycles. The lowest BCUT2D eigenvalue weighted by Crippen LogP contribution is -2.42. The Bertz CT molecular complexity index is 248. The van der Waals surface area contributed by atoms with E-state index in [2.05, 4.69) is 39.5 Å². The van der Waals surface area contributed by atoms with Gasteiger partial charge in [0.15, 0.2) is 0 Å². The third kappa shape index (κ3) is 4.82. The van der Waals surface area contributed by atoms with Crippen molar-refractivity contribution in [2.24, 2.45) is 17.3 Å². The lowest BCUT2D eigenvalue weighted by Gasteiger charge is -2.40. The Morgan fingerprint density at radius 1 is 0.882 bits per heavy atom. The average molecular weight is 236 g/mol. The molecule has 0 aliphatic rings. The van der Waals surface area contributed by atoms with E-state index in [4.69, 9.17) is 22.3 Å². The highest BCUT2D eigenvalue weighted by atomic mass is 16.5. The zero-order chi connectivity index (χ0) is 13.3. The number of hydrogen-bond donors (Lipinski definition) is 0. The molecule has 0 aromatic rings. The van der Waals surface area contributed by atoms with Gasteiger partial charge in [0, 0.05) is 5.41 Å². The van der Waals surface area contributed by atoms with Gasteiger partial charge in [-0.25, -0.2) is 0 Å². The Morgan fingerprint density at radius 3 is 1.47 bits per heavy atom. The normalized spacial score (nSPS) is 11.5. The molecule has 0 aromatic carbocycles. The minimum atomic E-state index is -0.0340. The third-order valence-corrected chi connectivity index (χ3v) is 3.41. The van der Waals surface area contributed by atoms with Crippen LogP contribution in [0.5, 0.6) is 0 Å².